The van der Waals surface area contributed by atoms with Gasteiger partial charge in [-0.2, -0.15) is 0 Å². The number of carbonyl (C=O) groups is 1. The summed E-state index contributed by atoms with van der Waals surface area (Å²) in [5.41, 5.74) is 1.93. The van der Waals surface area contributed by atoms with Gasteiger partial charge in [-0.3, -0.25) is 9.59 Å². The van der Waals surface area contributed by atoms with Crippen LogP contribution in [-0.4, -0.2) is 10.9 Å². The standard InChI is InChI=1S/C17H15FN2O2S/c1-9-6-10(2)20-16(21)12(9)8-19-17(22)15-7-11-13(18)4-3-5-14(11)23-15/h3-7H,8H2,1-2H3,(H,19,22)(H,20,21). The molecule has 0 spiro atoms. The van der Waals surface area contributed by atoms with Crippen molar-refractivity contribution in [3.05, 3.63) is 68.2 Å². The second-order valence-corrected chi connectivity index (χ2v) is 6.47. The van der Waals surface area contributed by atoms with Gasteiger partial charge in [0.15, 0.2) is 0 Å². The molecule has 0 radical (unpaired) electrons. The van der Waals surface area contributed by atoms with Gasteiger partial charge < -0.3 is 10.3 Å². The number of hydrogen-bond donors (Lipinski definition) is 2. The van der Waals surface area contributed by atoms with Crippen molar-refractivity contribution in [1.82, 2.24) is 10.3 Å². The molecule has 0 saturated heterocycles. The lowest BCUT2D eigenvalue weighted by Crippen LogP contribution is -2.27. The van der Waals surface area contributed by atoms with Gasteiger partial charge in [-0.1, -0.05) is 6.07 Å². The Labute approximate surface area is 136 Å². The first-order valence-corrected chi connectivity index (χ1v) is 7.93. The lowest BCUT2D eigenvalue weighted by Gasteiger charge is -2.07. The van der Waals surface area contributed by atoms with Gasteiger partial charge in [0.2, 0.25) is 0 Å². The molecule has 3 rings (SSSR count). The summed E-state index contributed by atoms with van der Waals surface area (Å²) in [5.74, 6) is -0.659. The Morgan fingerprint density at radius 3 is 2.78 bits per heavy atom. The molecular weight excluding hydrogens is 315 g/mol. The number of pyridine rings is 1. The number of carbonyl (C=O) groups excluding carboxylic acids is 1. The summed E-state index contributed by atoms with van der Waals surface area (Å²) in [7, 11) is 0. The van der Waals surface area contributed by atoms with Gasteiger partial charge in [0.25, 0.3) is 11.5 Å². The zero-order valence-electron chi connectivity index (χ0n) is 12.7. The van der Waals surface area contributed by atoms with Crippen LogP contribution in [0.15, 0.2) is 35.1 Å². The lowest BCUT2D eigenvalue weighted by molar-refractivity contribution is 0.0955. The van der Waals surface area contributed by atoms with E-state index in [4.69, 9.17) is 0 Å². The third-order valence-electron chi connectivity index (χ3n) is 3.65. The number of amides is 1. The minimum Gasteiger partial charge on any atom is -0.347 e. The van der Waals surface area contributed by atoms with Crippen LogP contribution in [0.25, 0.3) is 10.1 Å². The van der Waals surface area contributed by atoms with E-state index in [0.29, 0.717) is 15.8 Å². The molecule has 0 aliphatic rings. The van der Waals surface area contributed by atoms with Crippen LogP contribution in [0.3, 0.4) is 0 Å². The molecule has 23 heavy (non-hydrogen) atoms. The van der Waals surface area contributed by atoms with E-state index in [1.165, 1.54) is 23.5 Å². The molecule has 2 N–H and O–H groups in total. The van der Waals surface area contributed by atoms with Crippen LogP contribution in [0.5, 0.6) is 0 Å². The average Bonchev–Trinajstić information content (AvgIpc) is 2.91. The van der Waals surface area contributed by atoms with Gasteiger partial charge in [0.1, 0.15) is 5.82 Å². The summed E-state index contributed by atoms with van der Waals surface area (Å²) in [6, 6.07) is 8.15. The fourth-order valence-electron chi connectivity index (χ4n) is 2.49. The molecule has 0 bridgehead atoms. The van der Waals surface area contributed by atoms with Crippen LogP contribution in [0.2, 0.25) is 0 Å². The molecule has 0 atom stereocenters. The maximum atomic E-state index is 13.7. The minimum atomic E-state index is -0.344. The average molecular weight is 330 g/mol. The number of aromatic amines is 1. The number of benzene rings is 1. The number of aromatic nitrogens is 1. The predicted molar refractivity (Wildman–Crippen MR) is 89.5 cm³/mol. The normalized spacial score (nSPS) is 10.9. The second kappa shape index (κ2) is 5.96. The third-order valence-corrected chi connectivity index (χ3v) is 4.75. The van der Waals surface area contributed by atoms with Crippen molar-refractivity contribution in [3.63, 3.8) is 0 Å². The molecular formula is C17H15FN2O2S. The lowest BCUT2D eigenvalue weighted by atomic mass is 10.1. The highest BCUT2D eigenvalue weighted by Gasteiger charge is 2.13. The molecule has 0 saturated carbocycles. The monoisotopic (exact) mass is 330 g/mol. The summed E-state index contributed by atoms with van der Waals surface area (Å²) in [4.78, 5) is 27.3. The summed E-state index contributed by atoms with van der Waals surface area (Å²) in [5, 5.41) is 3.16. The van der Waals surface area contributed by atoms with Crippen molar-refractivity contribution in [1.29, 1.82) is 0 Å². The van der Waals surface area contributed by atoms with Gasteiger partial charge >= 0.3 is 0 Å². The summed E-state index contributed by atoms with van der Waals surface area (Å²) in [6.45, 7) is 3.78. The first kappa shape index (κ1) is 15.4. The Bertz CT molecular complexity index is 959. The van der Waals surface area contributed by atoms with E-state index in [0.717, 1.165) is 16.0 Å². The van der Waals surface area contributed by atoms with E-state index in [-0.39, 0.29) is 23.8 Å². The zero-order valence-corrected chi connectivity index (χ0v) is 13.5. The molecule has 4 nitrogen and oxygen atoms in total. The Morgan fingerprint density at radius 2 is 2.09 bits per heavy atom. The largest absolute Gasteiger partial charge is 0.347 e. The molecule has 2 aromatic heterocycles. The number of thiophene rings is 1. The highest BCUT2D eigenvalue weighted by molar-refractivity contribution is 7.20. The van der Waals surface area contributed by atoms with E-state index in [2.05, 4.69) is 10.3 Å². The molecule has 2 heterocycles. The highest BCUT2D eigenvalue weighted by Crippen LogP contribution is 2.27. The number of rotatable bonds is 3. The molecule has 0 aliphatic heterocycles. The fourth-order valence-corrected chi connectivity index (χ4v) is 3.49. The topological polar surface area (TPSA) is 62.0 Å². The van der Waals surface area contributed by atoms with Gasteiger partial charge in [0, 0.05) is 27.9 Å². The number of nitrogens with one attached hydrogen (secondary N) is 2. The third kappa shape index (κ3) is 3.03. The maximum Gasteiger partial charge on any atom is 0.261 e. The van der Waals surface area contributed by atoms with Crippen LogP contribution in [-0.2, 0) is 6.54 Å². The molecule has 0 aliphatic carbocycles. The van der Waals surface area contributed by atoms with Crippen LogP contribution >= 0.6 is 11.3 Å². The molecule has 0 fully saturated rings. The Kier molecular flexibility index (Phi) is 4.00. The van der Waals surface area contributed by atoms with Crippen LogP contribution in [0.4, 0.5) is 4.39 Å². The fraction of sp³-hybridized carbons (Fsp3) is 0.176. The Hall–Kier alpha value is -2.47. The molecule has 1 aromatic carbocycles. The predicted octanol–water partition coefficient (Wildman–Crippen LogP) is 3.28. The van der Waals surface area contributed by atoms with Crippen molar-refractivity contribution in [2.75, 3.05) is 0 Å². The first-order valence-electron chi connectivity index (χ1n) is 7.11. The molecule has 3 aromatic rings. The maximum absolute atomic E-state index is 13.7. The van der Waals surface area contributed by atoms with Crippen LogP contribution in [0, 0.1) is 19.7 Å². The number of H-pyrrole nitrogens is 1. The molecule has 6 heteroatoms. The van der Waals surface area contributed by atoms with Gasteiger partial charge in [-0.15, -0.1) is 11.3 Å². The summed E-state index contributed by atoms with van der Waals surface area (Å²) < 4.78 is 14.4. The second-order valence-electron chi connectivity index (χ2n) is 5.39. The highest BCUT2D eigenvalue weighted by atomic mass is 32.1. The van der Waals surface area contributed by atoms with E-state index in [9.17, 15) is 14.0 Å². The van der Waals surface area contributed by atoms with Crippen molar-refractivity contribution < 1.29 is 9.18 Å². The van der Waals surface area contributed by atoms with E-state index < -0.39 is 0 Å². The van der Waals surface area contributed by atoms with E-state index in [1.54, 1.807) is 12.1 Å². The van der Waals surface area contributed by atoms with E-state index >= 15 is 0 Å². The summed E-state index contributed by atoms with van der Waals surface area (Å²) in [6.07, 6.45) is 0. The van der Waals surface area contributed by atoms with Gasteiger partial charge in [-0.25, -0.2) is 4.39 Å². The quantitative estimate of drug-likeness (QED) is 0.774. The van der Waals surface area contributed by atoms with Crippen molar-refractivity contribution in [2.24, 2.45) is 0 Å². The SMILES string of the molecule is Cc1cc(C)c(CNC(=O)c2cc3c(F)cccc3s2)c(=O)[nH]1. The first-order chi connectivity index (χ1) is 11.0. The number of aryl methyl sites for hydroxylation is 2. The van der Waals surface area contributed by atoms with Crippen molar-refractivity contribution in [3.8, 4) is 0 Å². The summed E-state index contributed by atoms with van der Waals surface area (Å²) >= 11 is 1.23. The number of halogens is 1. The smallest absolute Gasteiger partial charge is 0.261 e. The van der Waals surface area contributed by atoms with E-state index in [1.807, 2.05) is 19.9 Å². The van der Waals surface area contributed by atoms with Crippen LogP contribution < -0.4 is 10.9 Å². The zero-order chi connectivity index (χ0) is 16.6. The molecule has 0 unspecified atom stereocenters. The molecule has 1 amide bonds. The Morgan fingerprint density at radius 1 is 1.30 bits per heavy atom. The van der Waals surface area contributed by atoms with Crippen molar-refractivity contribution in [2.45, 2.75) is 20.4 Å². The minimum absolute atomic E-state index is 0.136. The number of fused-ring (bicyclic) bond motifs is 1. The van der Waals surface area contributed by atoms with Crippen molar-refractivity contribution >= 4 is 27.3 Å². The van der Waals surface area contributed by atoms with Gasteiger partial charge in [0.05, 0.1) is 4.88 Å². The van der Waals surface area contributed by atoms with Gasteiger partial charge in [-0.05, 0) is 43.7 Å². The number of hydrogen-bond acceptors (Lipinski definition) is 3. The molecule has 118 valence electrons. The Balaban J connectivity index is 1.82. The van der Waals surface area contributed by atoms with Crippen LogP contribution in [0.1, 0.15) is 26.5 Å².